The van der Waals surface area contributed by atoms with Gasteiger partial charge in [-0.15, -0.1) is 0 Å². The van der Waals surface area contributed by atoms with Gasteiger partial charge in [0.2, 0.25) is 0 Å². The number of nitrogens with one attached hydrogen (secondary N) is 2. The maximum absolute atomic E-state index is 12.0. The van der Waals surface area contributed by atoms with Crippen LogP contribution in [0.4, 0.5) is 0 Å². The highest BCUT2D eigenvalue weighted by atomic mass is 32.2. The summed E-state index contributed by atoms with van der Waals surface area (Å²) in [6.45, 7) is 6.14. The fourth-order valence-electron chi connectivity index (χ4n) is 1.89. The topological polar surface area (TPSA) is 61.4 Å². The molecule has 1 heterocycles. The van der Waals surface area contributed by atoms with Crippen molar-refractivity contribution in [2.75, 3.05) is 38.2 Å². The van der Waals surface area contributed by atoms with Crippen molar-refractivity contribution in [3.8, 4) is 0 Å². The molecule has 0 aromatic carbocycles. The minimum atomic E-state index is -3.30. The molecule has 1 rings (SSSR count). The van der Waals surface area contributed by atoms with E-state index in [4.69, 9.17) is 0 Å². The van der Waals surface area contributed by atoms with E-state index < -0.39 is 10.2 Å². The van der Waals surface area contributed by atoms with Gasteiger partial charge in [0, 0.05) is 26.2 Å². The van der Waals surface area contributed by atoms with Crippen molar-refractivity contribution in [1.29, 1.82) is 0 Å². The summed E-state index contributed by atoms with van der Waals surface area (Å²) >= 11 is 1.90. The molecule has 2 N–H and O–H groups in total. The van der Waals surface area contributed by atoms with E-state index in [0.717, 1.165) is 30.9 Å². The molecule has 0 bridgehead atoms. The molecule has 1 aliphatic rings. The lowest BCUT2D eigenvalue weighted by Crippen LogP contribution is -2.41. The Labute approximate surface area is 122 Å². The standard InChI is InChI=1S/C12H27N3O2S2/c1-11(2)13-6-4-7-15(3)19(16,17)14-9-12-5-8-18-10-12/h11-14H,4-10H2,1-3H3. The van der Waals surface area contributed by atoms with Crippen LogP contribution in [0.25, 0.3) is 0 Å². The van der Waals surface area contributed by atoms with Crippen LogP contribution in [-0.2, 0) is 10.2 Å². The van der Waals surface area contributed by atoms with Crippen LogP contribution in [-0.4, -0.2) is 57.0 Å². The van der Waals surface area contributed by atoms with Gasteiger partial charge in [-0.2, -0.15) is 24.5 Å². The van der Waals surface area contributed by atoms with Crippen LogP contribution >= 0.6 is 11.8 Å². The van der Waals surface area contributed by atoms with Gasteiger partial charge in [0.1, 0.15) is 0 Å². The van der Waals surface area contributed by atoms with E-state index >= 15 is 0 Å². The number of nitrogens with zero attached hydrogens (tertiary/aromatic N) is 1. The van der Waals surface area contributed by atoms with Crippen LogP contribution < -0.4 is 10.0 Å². The van der Waals surface area contributed by atoms with E-state index in [2.05, 4.69) is 23.9 Å². The molecule has 5 nitrogen and oxygen atoms in total. The van der Waals surface area contributed by atoms with E-state index in [-0.39, 0.29) is 0 Å². The molecule has 1 aliphatic heterocycles. The predicted molar refractivity (Wildman–Crippen MR) is 82.7 cm³/mol. The van der Waals surface area contributed by atoms with Crippen LogP contribution in [0.1, 0.15) is 26.7 Å². The molecule has 114 valence electrons. The van der Waals surface area contributed by atoms with E-state index in [0.29, 0.717) is 25.0 Å². The van der Waals surface area contributed by atoms with Crippen LogP contribution in [0, 0.1) is 5.92 Å². The molecule has 0 aliphatic carbocycles. The molecule has 0 spiro atoms. The van der Waals surface area contributed by atoms with Crippen molar-refractivity contribution >= 4 is 22.0 Å². The highest BCUT2D eigenvalue weighted by Crippen LogP contribution is 2.22. The highest BCUT2D eigenvalue weighted by Gasteiger charge is 2.21. The average molecular weight is 310 g/mol. The third-order valence-corrected chi connectivity index (χ3v) is 5.96. The zero-order chi connectivity index (χ0) is 14.3. The molecule has 0 radical (unpaired) electrons. The normalized spacial score (nSPS) is 20.6. The Morgan fingerprint density at radius 3 is 2.74 bits per heavy atom. The molecule has 19 heavy (non-hydrogen) atoms. The molecule has 1 atom stereocenters. The summed E-state index contributed by atoms with van der Waals surface area (Å²) in [7, 11) is -1.66. The van der Waals surface area contributed by atoms with Gasteiger partial charge in [-0.25, -0.2) is 4.72 Å². The Kier molecular flexibility index (Phi) is 7.68. The molecule has 0 saturated carbocycles. The van der Waals surface area contributed by atoms with Gasteiger partial charge in [-0.1, -0.05) is 13.8 Å². The number of thioether (sulfide) groups is 1. The van der Waals surface area contributed by atoms with Gasteiger partial charge in [0.05, 0.1) is 0 Å². The summed E-state index contributed by atoms with van der Waals surface area (Å²) in [6, 6.07) is 0.444. The second-order valence-corrected chi connectivity index (χ2v) is 8.38. The summed E-state index contributed by atoms with van der Waals surface area (Å²) in [5, 5.41) is 3.28. The van der Waals surface area contributed by atoms with Crippen molar-refractivity contribution in [2.24, 2.45) is 5.92 Å². The minimum absolute atomic E-state index is 0.444. The molecule has 0 aromatic rings. The lowest BCUT2D eigenvalue weighted by atomic mass is 10.1. The van der Waals surface area contributed by atoms with Crippen LogP contribution in [0.15, 0.2) is 0 Å². The Morgan fingerprint density at radius 1 is 1.42 bits per heavy atom. The molecule has 0 amide bonds. The largest absolute Gasteiger partial charge is 0.314 e. The first kappa shape index (κ1) is 17.2. The second-order valence-electron chi connectivity index (χ2n) is 5.37. The van der Waals surface area contributed by atoms with Gasteiger partial charge in [0.25, 0.3) is 10.2 Å². The zero-order valence-electron chi connectivity index (χ0n) is 12.2. The lowest BCUT2D eigenvalue weighted by Gasteiger charge is -2.19. The Balaban J connectivity index is 2.22. The van der Waals surface area contributed by atoms with E-state index in [1.165, 1.54) is 4.31 Å². The minimum Gasteiger partial charge on any atom is -0.314 e. The summed E-state index contributed by atoms with van der Waals surface area (Å²) in [5.74, 6) is 2.73. The summed E-state index contributed by atoms with van der Waals surface area (Å²) in [6.07, 6.45) is 1.95. The lowest BCUT2D eigenvalue weighted by molar-refractivity contribution is 0.433. The van der Waals surface area contributed by atoms with E-state index in [1.807, 2.05) is 11.8 Å². The van der Waals surface area contributed by atoms with Gasteiger partial charge < -0.3 is 5.32 Å². The fourth-order valence-corrected chi connectivity index (χ4v) is 4.21. The third-order valence-electron chi connectivity index (χ3n) is 3.19. The Hall–Kier alpha value is 0.180. The fraction of sp³-hybridized carbons (Fsp3) is 1.00. The number of hydrogen-bond acceptors (Lipinski definition) is 4. The average Bonchev–Trinajstić information content (AvgIpc) is 2.84. The number of rotatable bonds is 9. The van der Waals surface area contributed by atoms with Gasteiger partial charge >= 0.3 is 0 Å². The molecule has 7 heteroatoms. The maximum Gasteiger partial charge on any atom is 0.279 e. The van der Waals surface area contributed by atoms with Gasteiger partial charge in [-0.3, -0.25) is 0 Å². The highest BCUT2D eigenvalue weighted by molar-refractivity contribution is 7.99. The van der Waals surface area contributed by atoms with Crippen molar-refractivity contribution in [3.05, 3.63) is 0 Å². The van der Waals surface area contributed by atoms with Crippen molar-refractivity contribution in [3.63, 3.8) is 0 Å². The molecule has 0 aromatic heterocycles. The summed E-state index contributed by atoms with van der Waals surface area (Å²) in [5.41, 5.74) is 0. The molecular weight excluding hydrogens is 282 g/mol. The molecule has 1 fully saturated rings. The predicted octanol–water partition coefficient (Wildman–Crippen LogP) is 0.894. The Morgan fingerprint density at radius 2 is 2.16 bits per heavy atom. The first-order chi connectivity index (χ1) is 8.92. The van der Waals surface area contributed by atoms with Crippen LogP contribution in [0.2, 0.25) is 0 Å². The third kappa shape index (κ3) is 6.94. The van der Waals surface area contributed by atoms with E-state index in [9.17, 15) is 8.42 Å². The quantitative estimate of drug-likeness (QED) is 0.621. The van der Waals surface area contributed by atoms with Crippen LogP contribution in [0.5, 0.6) is 0 Å². The SMILES string of the molecule is CC(C)NCCCN(C)S(=O)(=O)NCC1CCSC1. The molecular formula is C12H27N3O2S2. The summed E-state index contributed by atoms with van der Waals surface area (Å²) in [4.78, 5) is 0. The monoisotopic (exact) mass is 309 g/mol. The number of hydrogen-bond donors (Lipinski definition) is 2. The smallest absolute Gasteiger partial charge is 0.279 e. The van der Waals surface area contributed by atoms with Crippen molar-refractivity contribution in [1.82, 2.24) is 14.3 Å². The Bertz CT molecular complexity index is 341. The van der Waals surface area contributed by atoms with Crippen LogP contribution in [0.3, 0.4) is 0 Å². The molecule has 1 unspecified atom stereocenters. The zero-order valence-corrected chi connectivity index (χ0v) is 13.8. The second kappa shape index (κ2) is 8.46. The van der Waals surface area contributed by atoms with Crippen molar-refractivity contribution in [2.45, 2.75) is 32.7 Å². The summed E-state index contributed by atoms with van der Waals surface area (Å²) < 4.78 is 28.1. The maximum atomic E-state index is 12.0. The first-order valence-electron chi connectivity index (χ1n) is 6.94. The first-order valence-corrected chi connectivity index (χ1v) is 9.53. The van der Waals surface area contributed by atoms with E-state index in [1.54, 1.807) is 7.05 Å². The molecule has 1 saturated heterocycles. The van der Waals surface area contributed by atoms with Gasteiger partial charge in [0.15, 0.2) is 0 Å². The van der Waals surface area contributed by atoms with Gasteiger partial charge in [-0.05, 0) is 36.8 Å². The van der Waals surface area contributed by atoms with Crippen molar-refractivity contribution < 1.29 is 8.42 Å².